The van der Waals surface area contributed by atoms with Crippen molar-refractivity contribution in [2.75, 3.05) is 13.7 Å². The third kappa shape index (κ3) is 5.59. The Morgan fingerprint density at radius 2 is 1.79 bits per heavy atom. The van der Waals surface area contributed by atoms with E-state index in [1.165, 1.54) is 0 Å². The number of hydrogen-bond donors (Lipinski definition) is 1. The van der Waals surface area contributed by atoms with Crippen LogP contribution in [0.5, 0.6) is 5.75 Å². The lowest BCUT2D eigenvalue weighted by molar-refractivity contribution is -0.142. The first-order chi connectivity index (χ1) is 13.3. The van der Waals surface area contributed by atoms with Crippen LogP contribution in [0.15, 0.2) is 42.5 Å². The number of benzene rings is 2. The molecule has 0 bridgehead atoms. The first-order valence-corrected chi connectivity index (χ1v) is 9.62. The molecule has 150 valence electrons. The van der Waals surface area contributed by atoms with Crippen LogP contribution in [0, 0.1) is 20.8 Å². The van der Waals surface area contributed by atoms with Gasteiger partial charge in [-0.3, -0.25) is 9.59 Å². The maximum absolute atomic E-state index is 13.0. The predicted octanol–water partition coefficient (Wildman–Crippen LogP) is 3.54. The number of rotatable bonds is 8. The number of nitrogens with one attached hydrogen (secondary N) is 1. The molecule has 2 rings (SSSR count). The van der Waals surface area contributed by atoms with Crippen LogP contribution in [-0.4, -0.2) is 36.4 Å². The third-order valence-corrected chi connectivity index (χ3v) is 4.76. The summed E-state index contributed by atoms with van der Waals surface area (Å²) in [6.45, 7) is 8.10. The molecule has 0 saturated carbocycles. The minimum Gasteiger partial charge on any atom is -0.483 e. The summed E-state index contributed by atoms with van der Waals surface area (Å²) in [6, 6.07) is 13.3. The van der Waals surface area contributed by atoms with Crippen molar-refractivity contribution >= 4 is 11.8 Å². The average Bonchev–Trinajstić information content (AvgIpc) is 2.68. The molecule has 28 heavy (non-hydrogen) atoms. The zero-order valence-electron chi connectivity index (χ0n) is 17.4. The SMILES string of the molecule is CCC(C(=O)NC)N(Cc1cccc(C)c1)C(=O)COc1cc(C)ccc1C. The van der Waals surface area contributed by atoms with E-state index in [1.807, 2.05) is 70.2 Å². The molecule has 0 aliphatic heterocycles. The van der Waals surface area contributed by atoms with Crippen LogP contribution in [0.25, 0.3) is 0 Å². The molecule has 2 aromatic carbocycles. The Morgan fingerprint density at radius 1 is 1.07 bits per heavy atom. The highest BCUT2D eigenvalue weighted by Gasteiger charge is 2.28. The standard InChI is InChI=1S/C23H30N2O3/c1-6-20(23(27)24-5)25(14-19-9-7-8-16(2)12-19)22(26)15-28-21-13-17(3)10-11-18(21)4/h7-13,20H,6,14-15H2,1-5H3,(H,24,27). The van der Waals surface area contributed by atoms with E-state index in [2.05, 4.69) is 5.32 Å². The molecule has 1 unspecified atom stereocenters. The van der Waals surface area contributed by atoms with Crippen molar-refractivity contribution in [2.24, 2.45) is 0 Å². The second kappa shape index (κ2) is 9.93. The van der Waals surface area contributed by atoms with Crippen molar-refractivity contribution in [3.05, 3.63) is 64.7 Å². The fourth-order valence-electron chi connectivity index (χ4n) is 3.18. The van der Waals surface area contributed by atoms with E-state index < -0.39 is 6.04 Å². The number of amides is 2. The van der Waals surface area contributed by atoms with Gasteiger partial charge in [-0.25, -0.2) is 0 Å². The van der Waals surface area contributed by atoms with Crippen LogP contribution >= 0.6 is 0 Å². The fraction of sp³-hybridized carbons (Fsp3) is 0.391. The second-order valence-electron chi connectivity index (χ2n) is 7.11. The van der Waals surface area contributed by atoms with Crippen LogP contribution in [0.4, 0.5) is 0 Å². The van der Waals surface area contributed by atoms with Gasteiger partial charge in [0.2, 0.25) is 5.91 Å². The van der Waals surface area contributed by atoms with E-state index in [4.69, 9.17) is 4.74 Å². The number of likely N-dealkylation sites (N-methyl/N-ethyl adjacent to an activating group) is 1. The maximum Gasteiger partial charge on any atom is 0.261 e. The summed E-state index contributed by atoms with van der Waals surface area (Å²) in [7, 11) is 1.59. The molecular weight excluding hydrogens is 352 g/mol. The zero-order chi connectivity index (χ0) is 20.7. The van der Waals surface area contributed by atoms with Crippen molar-refractivity contribution < 1.29 is 14.3 Å². The molecule has 0 aromatic heterocycles. The van der Waals surface area contributed by atoms with E-state index in [0.717, 1.165) is 22.3 Å². The van der Waals surface area contributed by atoms with Gasteiger partial charge in [-0.15, -0.1) is 0 Å². The topological polar surface area (TPSA) is 58.6 Å². The molecular formula is C23H30N2O3. The highest BCUT2D eigenvalue weighted by molar-refractivity contribution is 5.88. The molecule has 1 atom stereocenters. The summed E-state index contributed by atoms with van der Waals surface area (Å²) in [5, 5.41) is 2.67. The largest absolute Gasteiger partial charge is 0.483 e. The van der Waals surface area contributed by atoms with Gasteiger partial charge in [-0.05, 0) is 49.9 Å². The minimum absolute atomic E-state index is 0.108. The van der Waals surface area contributed by atoms with Gasteiger partial charge in [-0.2, -0.15) is 0 Å². The van der Waals surface area contributed by atoms with Crippen LogP contribution in [0.3, 0.4) is 0 Å². The molecule has 0 spiro atoms. The summed E-state index contributed by atoms with van der Waals surface area (Å²) in [4.78, 5) is 27.0. The normalized spacial score (nSPS) is 11.6. The van der Waals surface area contributed by atoms with Crippen molar-refractivity contribution in [2.45, 2.75) is 46.7 Å². The van der Waals surface area contributed by atoms with Gasteiger partial charge in [0.15, 0.2) is 6.61 Å². The lowest BCUT2D eigenvalue weighted by Gasteiger charge is -2.30. The highest BCUT2D eigenvalue weighted by atomic mass is 16.5. The van der Waals surface area contributed by atoms with Crippen LogP contribution in [0.2, 0.25) is 0 Å². The summed E-state index contributed by atoms with van der Waals surface area (Å²) < 4.78 is 5.81. The number of nitrogens with zero attached hydrogens (tertiary/aromatic N) is 1. The first-order valence-electron chi connectivity index (χ1n) is 9.62. The van der Waals surface area contributed by atoms with E-state index in [9.17, 15) is 9.59 Å². The van der Waals surface area contributed by atoms with Crippen LogP contribution in [-0.2, 0) is 16.1 Å². The second-order valence-corrected chi connectivity index (χ2v) is 7.11. The van der Waals surface area contributed by atoms with Crippen LogP contribution < -0.4 is 10.1 Å². The van der Waals surface area contributed by atoms with Crippen molar-refractivity contribution in [3.63, 3.8) is 0 Å². The Hall–Kier alpha value is -2.82. The Bertz CT molecular complexity index is 832. The average molecular weight is 383 g/mol. The summed E-state index contributed by atoms with van der Waals surface area (Å²) in [5.41, 5.74) is 4.15. The molecule has 2 aromatic rings. The Kier molecular flexibility index (Phi) is 7.61. The van der Waals surface area contributed by atoms with Gasteiger partial charge in [0.25, 0.3) is 5.91 Å². The zero-order valence-corrected chi connectivity index (χ0v) is 17.4. The van der Waals surface area contributed by atoms with Crippen LogP contribution in [0.1, 0.15) is 35.6 Å². The molecule has 0 aliphatic carbocycles. The molecule has 1 N–H and O–H groups in total. The van der Waals surface area contributed by atoms with Gasteiger partial charge in [0, 0.05) is 13.6 Å². The maximum atomic E-state index is 13.0. The number of ether oxygens (including phenoxy) is 1. The van der Waals surface area contributed by atoms with Gasteiger partial charge >= 0.3 is 0 Å². The van der Waals surface area contributed by atoms with Gasteiger partial charge in [-0.1, -0.05) is 48.9 Å². The van der Waals surface area contributed by atoms with E-state index in [-0.39, 0.29) is 18.4 Å². The Balaban J connectivity index is 2.22. The number of hydrogen-bond acceptors (Lipinski definition) is 3. The lowest BCUT2D eigenvalue weighted by atomic mass is 10.1. The van der Waals surface area contributed by atoms with E-state index in [1.54, 1.807) is 11.9 Å². The molecule has 0 fully saturated rings. The highest BCUT2D eigenvalue weighted by Crippen LogP contribution is 2.20. The smallest absolute Gasteiger partial charge is 0.261 e. The monoisotopic (exact) mass is 382 g/mol. The first kappa shape index (κ1) is 21.5. The molecule has 2 amide bonds. The summed E-state index contributed by atoms with van der Waals surface area (Å²) in [6.07, 6.45) is 0.528. The molecule has 0 aliphatic rings. The molecule has 5 heteroatoms. The molecule has 5 nitrogen and oxygen atoms in total. The van der Waals surface area contributed by atoms with Gasteiger partial charge in [0.1, 0.15) is 11.8 Å². The van der Waals surface area contributed by atoms with Gasteiger partial charge < -0.3 is 15.0 Å². The summed E-state index contributed by atoms with van der Waals surface area (Å²) in [5.74, 6) is 0.310. The quantitative estimate of drug-likeness (QED) is 0.760. The molecule has 0 heterocycles. The van der Waals surface area contributed by atoms with Gasteiger partial charge in [0.05, 0.1) is 0 Å². The molecule has 0 saturated heterocycles. The Morgan fingerprint density at radius 3 is 2.43 bits per heavy atom. The lowest BCUT2D eigenvalue weighted by Crippen LogP contribution is -2.49. The number of aryl methyl sites for hydroxylation is 3. The predicted molar refractivity (Wildman–Crippen MR) is 111 cm³/mol. The number of carbonyl (C=O) groups is 2. The van der Waals surface area contributed by atoms with E-state index >= 15 is 0 Å². The number of carbonyl (C=O) groups excluding carboxylic acids is 2. The van der Waals surface area contributed by atoms with Crippen molar-refractivity contribution in [3.8, 4) is 5.75 Å². The third-order valence-electron chi connectivity index (χ3n) is 4.76. The minimum atomic E-state index is -0.541. The molecule has 0 radical (unpaired) electrons. The van der Waals surface area contributed by atoms with Crippen molar-refractivity contribution in [1.82, 2.24) is 10.2 Å². The summed E-state index contributed by atoms with van der Waals surface area (Å²) >= 11 is 0. The van der Waals surface area contributed by atoms with Crippen molar-refractivity contribution in [1.29, 1.82) is 0 Å². The fourth-order valence-corrected chi connectivity index (χ4v) is 3.18. The van der Waals surface area contributed by atoms with E-state index in [0.29, 0.717) is 18.7 Å². The Labute approximate surface area is 167 Å².